The number of hydrogen-bond donors (Lipinski definition) is 0. The van der Waals surface area contributed by atoms with Crippen molar-refractivity contribution in [3.63, 3.8) is 0 Å². The SMILES string of the molecule is COc1nc(C(=O)N2CCC(OCc3cccnc3)CC2)nn1C. The number of likely N-dealkylation sites (tertiary alicyclic amines) is 1. The number of carbonyl (C=O) groups is 1. The minimum Gasteiger partial charge on any atom is -0.467 e. The van der Waals surface area contributed by atoms with E-state index in [0.29, 0.717) is 25.7 Å². The van der Waals surface area contributed by atoms with Gasteiger partial charge in [0, 0.05) is 32.5 Å². The van der Waals surface area contributed by atoms with E-state index in [-0.39, 0.29) is 17.8 Å². The van der Waals surface area contributed by atoms with Crippen LogP contribution in [0.3, 0.4) is 0 Å². The first-order valence-corrected chi connectivity index (χ1v) is 7.92. The Labute approximate surface area is 140 Å². The van der Waals surface area contributed by atoms with E-state index in [1.807, 2.05) is 12.1 Å². The molecule has 0 N–H and O–H groups in total. The first kappa shape index (κ1) is 16.4. The molecule has 1 saturated heterocycles. The van der Waals surface area contributed by atoms with E-state index in [4.69, 9.17) is 9.47 Å². The summed E-state index contributed by atoms with van der Waals surface area (Å²) in [7, 11) is 3.20. The van der Waals surface area contributed by atoms with Gasteiger partial charge in [0.1, 0.15) is 0 Å². The molecule has 2 aromatic rings. The van der Waals surface area contributed by atoms with Crippen molar-refractivity contribution in [3.05, 3.63) is 35.9 Å². The quantitative estimate of drug-likeness (QED) is 0.814. The zero-order valence-electron chi connectivity index (χ0n) is 13.9. The number of nitrogens with zero attached hydrogens (tertiary/aromatic N) is 5. The van der Waals surface area contributed by atoms with Gasteiger partial charge in [0.25, 0.3) is 5.91 Å². The van der Waals surface area contributed by atoms with E-state index >= 15 is 0 Å². The standard InChI is InChI=1S/C16H21N5O3/c1-20-16(23-2)18-14(19-20)15(22)21-8-5-13(6-9-21)24-11-12-4-3-7-17-10-12/h3-4,7,10,13H,5-6,8-9,11H2,1-2H3. The lowest BCUT2D eigenvalue weighted by atomic mass is 10.1. The highest BCUT2D eigenvalue weighted by Crippen LogP contribution is 2.17. The fourth-order valence-electron chi connectivity index (χ4n) is 2.70. The second-order valence-electron chi connectivity index (χ2n) is 5.71. The molecule has 24 heavy (non-hydrogen) atoms. The maximum Gasteiger partial charge on any atom is 0.314 e. The molecule has 0 aliphatic carbocycles. The Kier molecular flexibility index (Phi) is 5.05. The molecule has 1 aliphatic rings. The predicted molar refractivity (Wildman–Crippen MR) is 85.5 cm³/mol. The normalized spacial score (nSPS) is 15.5. The van der Waals surface area contributed by atoms with Gasteiger partial charge in [-0.1, -0.05) is 6.07 Å². The Morgan fingerprint density at radius 1 is 1.38 bits per heavy atom. The van der Waals surface area contributed by atoms with Crippen molar-refractivity contribution in [2.75, 3.05) is 20.2 Å². The lowest BCUT2D eigenvalue weighted by Gasteiger charge is -2.31. The summed E-state index contributed by atoms with van der Waals surface area (Å²) in [5.41, 5.74) is 1.06. The molecule has 1 aliphatic heterocycles. The predicted octanol–water partition coefficient (Wildman–Crippen LogP) is 1.04. The third-order valence-corrected chi connectivity index (χ3v) is 4.03. The second kappa shape index (κ2) is 7.39. The minimum atomic E-state index is -0.167. The molecule has 0 saturated carbocycles. The summed E-state index contributed by atoms with van der Waals surface area (Å²) in [4.78, 5) is 22.4. The molecule has 0 bridgehead atoms. The molecule has 0 spiro atoms. The number of ether oxygens (including phenoxy) is 2. The monoisotopic (exact) mass is 331 g/mol. The fourth-order valence-corrected chi connectivity index (χ4v) is 2.70. The Balaban J connectivity index is 1.50. The van der Waals surface area contributed by atoms with E-state index in [9.17, 15) is 4.79 Å². The summed E-state index contributed by atoms with van der Waals surface area (Å²) in [6.45, 7) is 1.82. The molecule has 3 heterocycles. The molecule has 0 atom stereocenters. The first-order valence-electron chi connectivity index (χ1n) is 7.92. The van der Waals surface area contributed by atoms with Crippen molar-refractivity contribution < 1.29 is 14.3 Å². The summed E-state index contributed by atoms with van der Waals surface area (Å²) in [6, 6.07) is 4.22. The Morgan fingerprint density at radius 2 is 2.17 bits per heavy atom. The van der Waals surface area contributed by atoms with Crippen LogP contribution >= 0.6 is 0 Å². The number of hydrogen-bond acceptors (Lipinski definition) is 6. The number of piperidine rings is 1. The summed E-state index contributed by atoms with van der Waals surface area (Å²) in [6.07, 6.45) is 5.30. The summed E-state index contributed by atoms with van der Waals surface area (Å²) in [5, 5.41) is 4.10. The van der Waals surface area contributed by atoms with Crippen LogP contribution in [0.4, 0.5) is 0 Å². The average molecular weight is 331 g/mol. The molecule has 0 radical (unpaired) electrons. The molecule has 128 valence electrons. The van der Waals surface area contributed by atoms with E-state index < -0.39 is 0 Å². The van der Waals surface area contributed by atoms with Gasteiger partial charge in [-0.15, -0.1) is 5.10 Å². The average Bonchev–Trinajstić information content (AvgIpc) is 3.01. The summed E-state index contributed by atoms with van der Waals surface area (Å²) >= 11 is 0. The van der Waals surface area contributed by atoms with E-state index in [2.05, 4.69) is 15.1 Å². The Bertz CT molecular complexity index is 680. The molecule has 3 rings (SSSR count). The Morgan fingerprint density at radius 3 is 2.79 bits per heavy atom. The highest BCUT2D eigenvalue weighted by atomic mass is 16.5. The zero-order chi connectivity index (χ0) is 16.9. The lowest BCUT2D eigenvalue weighted by Crippen LogP contribution is -2.41. The van der Waals surface area contributed by atoms with Crippen LogP contribution in [0.2, 0.25) is 0 Å². The van der Waals surface area contributed by atoms with Crippen molar-refractivity contribution in [1.29, 1.82) is 0 Å². The molecule has 2 aromatic heterocycles. The number of rotatable bonds is 5. The van der Waals surface area contributed by atoms with Crippen molar-refractivity contribution in [1.82, 2.24) is 24.6 Å². The second-order valence-corrected chi connectivity index (χ2v) is 5.71. The number of aromatic nitrogens is 4. The van der Waals surface area contributed by atoms with Crippen LogP contribution in [0.25, 0.3) is 0 Å². The van der Waals surface area contributed by atoms with Crippen LogP contribution in [0.1, 0.15) is 29.0 Å². The van der Waals surface area contributed by atoms with Gasteiger partial charge in [-0.2, -0.15) is 4.98 Å². The van der Waals surface area contributed by atoms with Gasteiger partial charge in [0.05, 0.1) is 19.8 Å². The van der Waals surface area contributed by atoms with Gasteiger partial charge in [-0.05, 0) is 24.5 Å². The Hall–Kier alpha value is -2.48. The van der Waals surface area contributed by atoms with Crippen molar-refractivity contribution >= 4 is 5.91 Å². The van der Waals surface area contributed by atoms with Gasteiger partial charge >= 0.3 is 6.01 Å². The summed E-state index contributed by atoms with van der Waals surface area (Å²) in [5.74, 6) is 0.00341. The van der Waals surface area contributed by atoms with Crippen LogP contribution in [0.5, 0.6) is 6.01 Å². The third-order valence-electron chi connectivity index (χ3n) is 4.03. The van der Waals surface area contributed by atoms with Crippen LogP contribution < -0.4 is 4.74 Å². The van der Waals surface area contributed by atoms with E-state index in [1.165, 1.54) is 11.8 Å². The highest BCUT2D eigenvalue weighted by Gasteiger charge is 2.27. The van der Waals surface area contributed by atoms with Crippen molar-refractivity contribution in [3.8, 4) is 6.01 Å². The lowest BCUT2D eigenvalue weighted by molar-refractivity contribution is -0.000745. The van der Waals surface area contributed by atoms with E-state index in [1.54, 1.807) is 24.3 Å². The molecule has 0 unspecified atom stereocenters. The van der Waals surface area contributed by atoms with Crippen LogP contribution in [0.15, 0.2) is 24.5 Å². The molecule has 8 heteroatoms. The van der Waals surface area contributed by atoms with Gasteiger partial charge in [-0.3, -0.25) is 9.78 Å². The van der Waals surface area contributed by atoms with Gasteiger partial charge in [0.15, 0.2) is 0 Å². The molecule has 8 nitrogen and oxygen atoms in total. The molecular formula is C16H21N5O3. The maximum atomic E-state index is 12.5. The van der Waals surface area contributed by atoms with Crippen LogP contribution in [-0.4, -0.2) is 56.9 Å². The zero-order valence-corrected chi connectivity index (χ0v) is 13.9. The topological polar surface area (TPSA) is 82.4 Å². The molecular weight excluding hydrogens is 310 g/mol. The first-order chi connectivity index (χ1) is 11.7. The van der Waals surface area contributed by atoms with Crippen LogP contribution in [0, 0.1) is 0 Å². The minimum absolute atomic E-state index is 0.153. The number of methoxy groups -OCH3 is 1. The maximum absolute atomic E-state index is 12.5. The molecule has 0 aromatic carbocycles. The molecule has 1 amide bonds. The number of pyridine rings is 1. The van der Waals surface area contributed by atoms with Gasteiger partial charge in [-0.25, -0.2) is 4.68 Å². The highest BCUT2D eigenvalue weighted by molar-refractivity contribution is 5.90. The summed E-state index contributed by atoms with van der Waals surface area (Å²) < 4.78 is 12.4. The number of aryl methyl sites for hydroxylation is 1. The number of carbonyl (C=O) groups excluding carboxylic acids is 1. The number of amides is 1. The van der Waals surface area contributed by atoms with E-state index in [0.717, 1.165) is 18.4 Å². The largest absolute Gasteiger partial charge is 0.467 e. The smallest absolute Gasteiger partial charge is 0.314 e. The van der Waals surface area contributed by atoms with Gasteiger partial charge < -0.3 is 14.4 Å². The van der Waals surface area contributed by atoms with Crippen LogP contribution in [-0.2, 0) is 18.4 Å². The third kappa shape index (κ3) is 3.70. The molecule has 1 fully saturated rings. The van der Waals surface area contributed by atoms with Gasteiger partial charge in [0.2, 0.25) is 5.82 Å². The fraction of sp³-hybridized carbons (Fsp3) is 0.500. The van der Waals surface area contributed by atoms with Crippen molar-refractivity contribution in [2.24, 2.45) is 7.05 Å². The van der Waals surface area contributed by atoms with Crippen molar-refractivity contribution in [2.45, 2.75) is 25.6 Å².